The molecule has 150 valence electrons. The van der Waals surface area contributed by atoms with Crippen molar-refractivity contribution < 1.29 is 14.3 Å². The summed E-state index contributed by atoms with van der Waals surface area (Å²) in [5.74, 6) is 1.80. The molecule has 1 fully saturated rings. The van der Waals surface area contributed by atoms with Gasteiger partial charge in [0.2, 0.25) is 0 Å². The molecule has 1 aliphatic heterocycles. The van der Waals surface area contributed by atoms with Crippen molar-refractivity contribution in [2.75, 3.05) is 32.1 Å². The zero-order chi connectivity index (χ0) is 19.9. The average molecular weight is 383 g/mol. The van der Waals surface area contributed by atoms with E-state index in [0.717, 1.165) is 24.7 Å². The largest absolute Gasteiger partial charge is 0.493 e. The number of piperidine rings is 1. The molecule has 0 spiro atoms. The van der Waals surface area contributed by atoms with E-state index in [1.807, 2.05) is 19.1 Å². The van der Waals surface area contributed by atoms with E-state index in [9.17, 15) is 4.79 Å². The van der Waals surface area contributed by atoms with Crippen molar-refractivity contribution in [3.63, 3.8) is 0 Å². The fraction of sp³-hybridized carbons (Fsp3) is 0.435. The van der Waals surface area contributed by atoms with Crippen molar-refractivity contribution in [2.24, 2.45) is 5.92 Å². The highest BCUT2D eigenvalue weighted by atomic mass is 16.5. The number of carbonyl (C=O) groups excluding carboxylic acids is 1. The van der Waals surface area contributed by atoms with Gasteiger partial charge in [-0.1, -0.05) is 19.1 Å². The van der Waals surface area contributed by atoms with Gasteiger partial charge in [0.15, 0.2) is 11.5 Å². The number of amides is 1. The molecular weight excluding hydrogens is 352 g/mol. The molecular formula is C23H30N2O3. The third kappa shape index (κ3) is 5.26. The van der Waals surface area contributed by atoms with Crippen molar-refractivity contribution >= 4 is 11.6 Å². The number of nitrogens with one attached hydrogen (secondary N) is 1. The number of methoxy groups -OCH3 is 1. The minimum atomic E-state index is -0.166. The first-order chi connectivity index (χ1) is 13.6. The van der Waals surface area contributed by atoms with E-state index in [2.05, 4.69) is 29.3 Å². The molecule has 0 aliphatic carbocycles. The molecule has 1 heterocycles. The molecule has 2 aromatic rings. The highest BCUT2D eigenvalue weighted by Gasteiger charge is 2.16. The minimum Gasteiger partial charge on any atom is -0.493 e. The Morgan fingerprint density at radius 1 is 1.18 bits per heavy atom. The van der Waals surface area contributed by atoms with Gasteiger partial charge in [0.1, 0.15) is 0 Å². The van der Waals surface area contributed by atoms with Crippen molar-refractivity contribution in [1.82, 2.24) is 4.90 Å². The molecule has 2 aromatic carbocycles. The Hall–Kier alpha value is -2.53. The summed E-state index contributed by atoms with van der Waals surface area (Å²) < 4.78 is 10.8. The highest BCUT2D eigenvalue weighted by Crippen LogP contribution is 2.28. The molecule has 0 saturated carbocycles. The maximum atomic E-state index is 12.6. The molecule has 0 aromatic heterocycles. The van der Waals surface area contributed by atoms with Crippen LogP contribution < -0.4 is 14.8 Å². The van der Waals surface area contributed by atoms with Crippen LogP contribution in [0, 0.1) is 5.92 Å². The van der Waals surface area contributed by atoms with Gasteiger partial charge >= 0.3 is 0 Å². The second-order valence-corrected chi connectivity index (χ2v) is 7.43. The van der Waals surface area contributed by atoms with E-state index < -0.39 is 0 Å². The number of likely N-dealkylation sites (tertiary alicyclic amines) is 1. The Balaban J connectivity index is 1.62. The molecule has 1 unspecified atom stereocenters. The Bertz CT molecular complexity index is 789. The monoisotopic (exact) mass is 382 g/mol. The van der Waals surface area contributed by atoms with Crippen molar-refractivity contribution in [2.45, 2.75) is 33.2 Å². The normalized spacial score (nSPS) is 17.2. The van der Waals surface area contributed by atoms with Gasteiger partial charge in [0.05, 0.1) is 13.7 Å². The summed E-state index contributed by atoms with van der Waals surface area (Å²) in [5.41, 5.74) is 2.60. The summed E-state index contributed by atoms with van der Waals surface area (Å²) in [5, 5.41) is 2.95. The van der Waals surface area contributed by atoms with Gasteiger partial charge < -0.3 is 14.8 Å². The van der Waals surface area contributed by atoms with Gasteiger partial charge in [-0.15, -0.1) is 0 Å². The predicted octanol–water partition coefficient (Wildman–Crippen LogP) is 4.58. The lowest BCUT2D eigenvalue weighted by atomic mass is 10.00. The highest BCUT2D eigenvalue weighted by molar-refractivity contribution is 6.04. The van der Waals surface area contributed by atoms with Crippen LogP contribution in [0.15, 0.2) is 42.5 Å². The quantitative estimate of drug-likeness (QED) is 0.762. The summed E-state index contributed by atoms with van der Waals surface area (Å²) in [4.78, 5) is 15.1. The fourth-order valence-electron chi connectivity index (χ4n) is 3.67. The van der Waals surface area contributed by atoms with Crippen LogP contribution in [0.25, 0.3) is 0 Å². The molecule has 1 saturated heterocycles. The minimum absolute atomic E-state index is 0.166. The lowest BCUT2D eigenvalue weighted by Crippen LogP contribution is -2.33. The Kier molecular flexibility index (Phi) is 6.93. The number of nitrogens with zero attached hydrogens (tertiary/aromatic N) is 1. The lowest BCUT2D eigenvalue weighted by molar-refractivity contribution is 0.102. The topological polar surface area (TPSA) is 50.8 Å². The maximum absolute atomic E-state index is 12.6. The first-order valence-electron chi connectivity index (χ1n) is 10.0. The van der Waals surface area contributed by atoms with E-state index >= 15 is 0 Å². The summed E-state index contributed by atoms with van der Waals surface area (Å²) in [6.07, 6.45) is 2.61. The molecule has 0 bridgehead atoms. The van der Waals surface area contributed by atoms with Gasteiger partial charge in [-0.05, 0) is 68.1 Å². The number of carbonyl (C=O) groups is 1. The van der Waals surface area contributed by atoms with Gasteiger partial charge in [-0.3, -0.25) is 9.69 Å². The predicted molar refractivity (Wildman–Crippen MR) is 112 cm³/mol. The van der Waals surface area contributed by atoms with Crippen molar-refractivity contribution in [1.29, 1.82) is 0 Å². The number of hydrogen-bond donors (Lipinski definition) is 1. The number of benzene rings is 2. The molecule has 5 nitrogen and oxygen atoms in total. The first kappa shape index (κ1) is 20.2. The zero-order valence-electron chi connectivity index (χ0n) is 17.0. The summed E-state index contributed by atoms with van der Waals surface area (Å²) in [7, 11) is 1.59. The maximum Gasteiger partial charge on any atom is 0.255 e. The van der Waals surface area contributed by atoms with Crippen LogP contribution in [-0.2, 0) is 6.54 Å². The van der Waals surface area contributed by atoms with Crippen LogP contribution in [0.2, 0.25) is 0 Å². The second-order valence-electron chi connectivity index (χ2n) is 7.43. The molecule has 1 amide bonds. The standard InChI is InChI=1S/C23H30N2O3/c1-4-28-22-14-19(9-12-21(22)27-3)23(26)24-20-10-7-18(8-11-20)16-25-13-5-6-17(2)15-25/h7-12,14,17H,4-6,13,15-16H2,1-3H3,(H,24,26). The van der Waals surface area contributed by atoms with Crippen LogP contribution in [-0.4, -0.2) is 37.6 Å². The van der Waals surface area contributed by atoms with E-state index in [-0.39, 0.29) is 5.91 Å². The van der Waals surface area contributed by atoms with Gasteiger partial charge in [0, 0.05) is 24.3 Å². The van der Waals surface area contributed by atoms with E-state index in [1.54, 1.807) is 25.3 Å². The molecule has 3 rings (SSSR count). The third-order valence-electron chi connectivity index (χ3n) is 5.08. The number of ether oxygens (including phenoxy) is 2. The molecule has 28 heavy (non-hydrogen) atoms. The zero-order valence-corrected chi connectivity index (χ0v) is 17.0. The smallest absolute Gasteiger partial charge is 0.255 e. The number of anilines is 1. The Morgan fingerprint density at radius 2 is 1.96 bits per heavy atom. The van der Waals surface area contributed by atoms with Crippen molar-refractivity contribution in [3.8, 4) is 11.5 Å². The van der Waals surface area contributed by atoms with Crippen molar-refractivity contribution in [3.05, 3.63) is 53.6 Å². The molecule has 0 radical (unpaired) electrons. The average Bonchev–Trinajstić information content (AvgIpc) is 2.70. The fourth-order valence-corrected chi connectivity index (χ4v) is 3.67. The molecule has 5 heteroatoms. The lowest BCUT2D eigenvalue weighted by Gasteiger charge is -2.30. The Labute approximate surface area is 167 Å². The summed E-state index contributed by atoms with van der Waals surface area (Å²) in [6.45, 7) is 8.03. The summed E-state index contributed by atoms with van der Waals surface area (Å²) in [6, 6.07) is 13.3. The summed E-state index contributed by atoms with van der Waals surface area (Å²) >= 11 is 0. The first-order valence-corrected chi connectivity index (χ1v) is 10.0. The van der Waals surface area contributed by atoms with Gasteiger partial charge in [-0.2, -0.15) is 0 Å². The van der Waals surface area contributed by atoms with Crippen LogP contribution in [0.4, 0.5) is 5.69 Å². The number of hydrogen-bond acceptors (Lipinski definition) is 4. The van der Waals surface area contributed by atoms with Gasteiger partial charge in [-0.25, -0.2) is 0 Å². The Morgan fingerprint density at radius 3 is 2.64 bits per heavy atom. The molecule has 1 atom stereocenters. The third-order valence-corrected chi connectivity index (χ3v) is 5.08. The van der Waals surface area contributed by atoms with Crippen LogP contribution in [0.5, 0.6) is 11.5 Å². The molecule has 1 aliphatic rings. The SMILES string of the molecule is CCOc1cc(C(=O)Nc2ccc(CN3CCCC(C)C3)cc2)ccc1OC. The molecule has 1 N–H and O–H groups in total. The van der Waals surface area contributed by atoms with E-state index in [4.69, 9.17) is 9.47 Å². The van der Waals surface area contributed by atoms with Crippen LogP contribution in [0.3, 0.4) is 0 Å². The van der Waals surface area contributed by atoms with E-state index in [1.165, 1.54) is 24.9 Å². The number of rotatable bonds is 7. The van der Waals surface area contributed by atoms with Crippen LogP contribution >= 0.6 is 0 Å². The van der Waals surface area contributed by atoms with Crippen LogP contribution in [0.1, 0.15) is 42.6 Å². The second kappa shape index (κ2) is 9.60. The van der Waals surface area contributed by atoms with E-state index in [0.29, 0.717) is 23.7 Å². The van der Waals surface area contributed by atoms with Gasteiger partial charge in [0.25, 0.3) is 5.91 Å².